The van der Waals surface area contributed by atoms with E-state index in [0.717, 1.165) is 16.7 Å². The highest BCUT2D eigenvalue weighted by Crippen LogP contribution is 2.28. The largest absolute Gasteiger partial charge is 0.508 e. The number of ether oxygens (including phenoxy) is 1. The Morgan fingerprint density at radius 3 is 2.07 bits per heavy atom. The molecule has 0 saturated carbocycles. The number of hydrogen-bond donors (Lipinski definition) is 4. The molecule has 4 rings (SSSR count). The Hall–Kier alpha value is -5.11. The van der Waals surface area contributed by atoms with Crippen LogP contribution >= 0.6 is 0 Å². The van der Waals surface area contributed by atoms with Gasteiger partial charge in [-0.2, -0.15) is 0 Å². The highest BCUT2D eigenvalue weighted by Gasteiger charge is 2.22. The van der Waals surface area contributed by atoms with Crippen molar-refractivity contribution < 1.29 is 29.3 Å². The summed E-state index contributed by atoms with van der Waals surface area (Å²) in [7, 11) is 0. The summed E-state index contributed by atoms with van der Waals surface area (Å²) in [6.45, 7) is 2.09. The van der Waals surface area contributed by atoms with E-state index in [4.69, 9.17) is 4.74 Å². The van der Waals surface area contributed by atoms with E-state index < -0.39 is 17.9 Å². The van der Waals surface area contributed by atoms with Crippen molar-refractivity contribution in [3.63, 3.8) is 0 Å². The van der Waals surface area contributed by atoms with E-state index >= 15 is 0 Å². The fraction of sp³-hybridized carbons (Fsp3) is 0.229. The predicted octanol–water partition coefficient (Wildman–Crippen LogP) is 5.65. The van der Waals surface area contributed by atoms with Crippen LogP contribution in [0.25, 0.3) is 0 Å². The molecule has 0 aliphatic carbocycles. The first kappa shape index (κ1) is 30.8. The number of hydrogen-bond acceptors (Lipinski definition) is 5. The minimum absolute atomic E-state index is 0.168. The SMILES string of the molecule is CC(Cc1ccccc1)C(=O)Nc1ccc(C(=O)N[C@@H](CCc2ccccc2)C(=O)O)cc1OCCc1ccc(O)cc1. The molecule has 8 heteroatoms. The predicted molar refractivity (Wildman–Crippen MR) is 165 cm³/mol. The van der Waals surface area contributed by atoms with Gasteiger partial charge < -0.3 is 25.6 Å². The number of amides is 2. The molecular formula is C35H36N2O6. The summed E-state index contributed by atoms with van der Waals surface area (Å²) in [5, 5.41) is 24.8. The second kappa shape index (κ2) is 15.2. The molecule has 0 radical (unpaired) electrons. The van der Waals surface area contributed by atoms with Crippen LogP contribution in [0.2, 0.25) is 0 Å². The number of carboxylic acids is 1. The summed E-state index contributed by atoms with van der Waals surface area (Å²) < 4.78 is 6.05. The van der Waals surface area contributed by atoms with Crippen LogP contribution < -0.4 is 15.4 Å². The second-order valence-electron chi connectivity index (χ2n) is 10.4. The first-order valence-corrected chi connectivity index (χ1v) is 14.3. The van der Waals surface area contributed by atoms with E-state index in [0.29, 0.717) is 30.7 Å². The van der Waals surface area contributed by atoms with Gasteiger partial charge in [0.1, 0.15) is 17.5 Å². The number of aliphatic carboxylic acids is 1. The maximum absolute atomic E-state index is 13.2. The Morgan fingerprint density at radius 2 is 1.42 bits per heavy atom. The minimum atomic E-state index is -1.12. The Bertz CT molecular complexity index is 1510. The van der Waals surface area contributed by atoms with E-state index in [-0.39, 0.29) is 36.2 Å². The van der Waals surface area contributed by atoms with Crippen LogP contribution in [-0.4, -0.2) is 40.6 Å². The van der Waals surface area contributed by atoms with Gasteiger partial charge in [0, 0.05) is 17.9 Å². The molecule has 0 heterocycles. The van der Waals surface area contributed by atoms with Crippen LogP contribution in [0.4, 0.5) is 5.69 Å². The maximum Gasteiger partial charge on any atom is 0.326 e. The number of anilines is 1. The first-order valence-electron chi connectivity index (χ1n) is 14.3. The van der Waals surface area contributed by atoms with Crippen LogP contribution in [-0.2, 0) is 28.9 Å². The Balaban J connectivity index is 1.48. The highest BCUT2D eigenvalue weighted by atomic mass is 16.5. The number of phenolic OH excluding ortho intramolecular Hbond substituents is 1. The lowest BCUT2D eigenvalue weighted by Gasteiger charge is -2.18. The van der Waals surface area contributed by atoms with Crippen molar-refractivity contribution >= 4 is 23.5 Å². The van der Waals surface area contributed by atoms with Gasteiger partial charge in [0.05, 0.1) is 12.3 Å². The molecule has 222 valence electrons. The standard InChI is InChI=1S/C35H36N2O6/c1-24(22-27-10-6-3-7-11-27)33(39)36-30-19-15-28(23-32(30)43-21-20-26-12-16-29(38)17-13-26)34(40)37-31(35(41)42)18-14-25-8-4-2-5-9-25/h2-13,15-17,19,23-24,31,38H,14,18,20-22H2,1H3,(H,36,39)(H,37,40)(H,41,42)/t24?,31-/m0/s1. The lowest BCUT2D eigenvalue weighted by molar-refractivity contribution is -0.139. The number of benzene rings is 4. The van der Waals surface area contributed by atoms with Crippen LogP contribution in [0.1, 0.15) is 40.4 Å². The summed E-state index contributed by atoms with van der Waals surface area (Å²) in [6, 6.07) is 29.5. The monoisotopic (exact) mass is 580 g/mol. The summed E-state index contributed by atoms with van der Waals surface area (Å²) >= 11 is 0. The molecule has 0 spiro atoms. The van der Waals surface area contributed by atoms with Crippen LogP contribution in [0.3, 0.4) is 0 Å². The minimum Gasteiger partial charge on any atom is -0.508 e. The third-order valence-corrected chi connectivity index (χ3v) is 7.09. The number of phenols is 1. The van der Waals surface area contributed by atoms with Gasteiger partial charge >= 0.3 is 5.97 Å². The van der Waals surface area contributed by atoms with E-state index in [2.05, 4.69) is 10.6 Å². The van der Waals surface area contributed by atoms with E-state index in [1.54, 1.807) is 30.3 Å². The Kier molecular flexibility index (Phi) is 10.9. The van der Waals surface area contributed by atoms with Crippen molar-refractivity contribution in [3.8, 4) is 11.5 Å². The van der Waals surface area contributed by atoms with Gasteiger partial charge in [0.2, 0.25) is 5.91 Å². The topological polar surface area (TPSA) is 125 Å². The number of nitrogens with one attached hydrogen (secondary N) is 2. The number of carbonyl (C=O) groups is 3. The number of rotatable bonds is 14. The number of carbonyl (C=O) groups excluding carboxylic acids is 2. The van der Waals surface area contributed by atoms with Crippen molar-refractivity contribution in [3.05, 3.63) is 125 Å². The molecule has 0 saturated heterocycles. The van der Waals surface area contributed by atoms with Crippen molar-refractivity contribution in [2.75, 3.05) is 11.9 Å². The number of aryl methyl sites for hydroxylation is 1. The van der Waals surface area contributed by atoms with Gasteiger partial charge in [0.15, 0.2) is 0 Å². The van der Waals surface area contributed by atoms with Crippen molar-refractivity contribution in [1.82, 2.24) is 5.32 Å². The number of aromatic hydroxyl groups is 1. The zero-order valence-corrected chi connectivity index (χ0v) is 24.0. The summed E-state index contributed by atoms with van der Waals surface area (Å²) in [4.78, 5) is 38.2. The van der Waals surface area contributed by atoms with E-state index in [1.807, 2.05) is 67.6 Å². The summed E-state index contributed by atoms with van der Waals surface area (Å²) in [6.07, 6.45) is 1.81. The van der Waals surface area contributed by atoms with Gasteiger partial charge in [-0.3, -0.25) is 9.59 Å². The summed E-state index contributed by atoms with van der Waals surface area (Å²) in [5.74, 6) is -1.73. The van der Waals surface area contributed by atoms with Crippen molar-refractivity contribution in [2.45, 2.75) is 38.6 Å². The normalized spacial score (nSPS) is 12.1. The molecule has 4 N–H and O–H groups in total. The lowest BCUT2D eigenvalue weighted by Crippen LogP contribution is -2.41. The van der Waals surface area contributed by atoms with Crippen LogP contribution in [0, 0.1) is 5.92 Å². The van der Waals surface area contributed by atoms with E-state index in [1.165, 1.54) is 12.1 Å². The van der Waals surface area contributed by atoms with Crippen molar-refractivity contribution in [2.24, 2.45) is 5.92 Å². The highest BCUT2D eigenvalue weighted by molar-refractivity contribution is 5.99. The van der Waals surface area contributed by atoms with Gasteiger partial charge in [-0.15, -0.1) is 0 Å². The molecule has 0 aromatic heterocycles. The van der Waals surface area contributed by atoms with Gasteiger partial charge in [-0.05, 0) is 66.3 Å². The molecule has 1 unspecified atom stereocenters. The molecule has 0 fully saturated rings. The summed E-state index contributed by atoms with van der Waals surface area (Å²) in [5.41, 5.74) is 3.58. The maximum atomic E-state index is 13.2. The molecule has 4 aromatic rings. The molecular weight excluding hydrogens is 544 g/mol. The Morgan fingerprint density at radius 1 is 0.791 bits per heavy atom. The van der Waals surface area contributed by atoms with Gasteiger partial charge in [-0.1, -0.05) is 79.7 Å². The molecule has 0 aliphatic rings. The second-order valence-corrected chi connectivity index (χ2v) is 10.4. The molecule has 0 aliphatic heterocycles. The number of carboxylic acid groups (broad SMARTS) is 1. The van der Waals surface area contributed by atoms with Gasteiger partial charge in [-0.25, -0.2) is 4.79 Å². The zero-order chi connectivity index (χ0) is 30.6. The molecule has 2 atom stereocenters. The van der Waals surface area contributed by atoms with E-state index in [9.17, 15) is 24.6 Å². The lowest BCUT2D eigenvalue weighted by atomic mass is 10.0. The third-order valence-electron chi connectivity index (χ3n) is 7.09. The Labute approximate surface area is 251 Å². The molecule has 0 bridgehead atoms. The van der Waals surface area contributed by atoms with Crippen LogP contribution in [0.5, 0.6) is 11.5 Å². The third kappa shape index (κ3) is 9.46. The van der Waals surface area contributed by atoms with Crippen LogP contribution in [0.15, 0.2) is 103 Å². The zero-order valence-electron chi connectivity index (χ0n) is 24.0. The van der Waals surface area contributed by atoms with Gasteiger partial charge in [0.25, 0.3) is 5.91 Å². The van der Waals surface area contributed by atoms with Crippen molar-refractivity contribution in [1.29, 1.82) is 0 Å². The average molecular weight is 581 g/mol. The average Bonchev–Trinajstić information content (AvgIpc) is 3.01. The molecule has 2 amide bonds. The molecule has 8 nitrogen and oxygen atoms in total. The molecule has 43 heavy (non-hydrogen) atoms. The fourth-order valence-electron chi connectivity index (χ4n) is 4.60. The fourth-order valence-corrected chi connectivity index (χ4v) is 4.60. The quantitative estimate of drug-likeness (QED) is 0.153. The molecule has 4 aromatic carbocycles. The first-order chi connectivity index (χ1) is 20.8. The smallest absolute Gasteiger partial charge is 0.326 e.